The molecule has 0 aliphatic rings. The van der Waals surface area contributed by atoms with Crippen molar-refractivity contribution in [2.24, 2.45) is 0 Å². The van der Waals surface area contributed by atoms with Crippen molar-refractivity contribution in [1.29, 1.82) is 0 Å². The molecule has 108 valence electrons. The molecular formula is C12H12BrClN2O2S2. The number of aryl methyl sites for hydroxylation is 1. The lowest BCUT2D eigenvalue weighted by molar-refractivity contribution is 0.581. The molecule has 0 spiro atoms. The van der Waals surface area contributed by atoms with Gasteiger partial charge in [-0.2, -0.15) is 0 Å². The fraction of sp³-hybridized carbons (Fsp3) is 0.250. The summed E-state index contributed by atoms with van der Waals surface area (Å²) in [4.78, 5) is 4.81. The molecule has 0 amide bonds. The van der Waals surface area contributed by atoms with Crippen molar-refractivity contribution in [3.8, 4) is 0 Å². The Hall–Kier alpha value is -0.470. The molecule has 0 fully saturated rings. The predicted molar refractivity (Wildman–Crippen MR) is 84.7 cm³/mol. The van der Waals surface area contributed by atoms with E-state index in [0.717, 1.165) is 16.9 Å². The van der Waals surface area contributed by atoms with Crippen LogP contribution in [0.25, 0.3) is 0 Å². The molecule has 8 heteroatoms. The molecule has 0 aliphatic heterocycles. The minimum atomic E-state index is -3.68. The Balaban J connectivity index is 2.21. The average Bonchev–Trinajstić information content (AvgIpc) is 2.86. The second-order valence-corrected chi connectivity index (χ2v) is 8.00. The van der Waals surface area contributed by atoms with E-state index in [1.54, 1.807) is 0 Å². The highest BCUT2D eigenvalue weighted by atomic mass is 79.9. The van der Waals surface area contributed by atoms with Crippen LogP contribution in [0.2, 0.25) is 5.15 Å². The van der Waals surface area contributed by atoms with Crippen LogP contribution in [-0.4, -0.2) is 13.4 Å². The Bertz CT molecular complexity index is 716. The van der Waals surface area contributed by atoms with E-state index in [1.807, 2.05) is 18.4 Å². The Labute approximate surface area is 135 Å². The zero-order chi connectivity index (χ0) is 14.8. The highest BCUT2D eigenvalue weighted by molar-refractivity contribution is 9.10. The summed E-state index contributed by atoms with van der Waals surface area (Å²) in [5, 5.41) is 1.92. The van der Waals surface area contributed by atoms with E-state index >= 15 is 0 Å². The van der Waals surface area contributed by atoms with E-state index in [9.17, 15) is 8.42 Å². The van der Waals surface area contributed by atoms with Gasteiger partial charge in [-0.25, -0.2) is 18.1 Å². The number of nitrogens with zero attached hydrogens (tertiary/aromatic N) is 1. The number of hydrogen-bond acceptors (Lipinski definition) is 4. The number of rotatable bonds is 5. The van der Waals surface area contributed by atoms with Crippen LogP contribution in [0.1, 0.15) is 17.4 Å². The smallest absolute Gasteiger partial charge is 0.242 e. The van der Waals surface area contributed by atoms with Crippen LogP contribution < -0.4 is 4.72 Å². The predicted octanol–water partition coefficient (Wildman–Crippen LogP) is 3.60. The van der Waals surface area contributed by atoms with Gasteiger partial charge < -0.3 is 0 Å². The van der Waals surface area contributed by atoms with Gasteiger partial charge in [0.2, 0.25) is 10.0 Å². The van der Waals surface area contributed by atoms with Crippen LogP contribution in [0.15, 0.2) is 33.1 Å². The molecular weight excluding hydrogens is 384 g/mol. The van der Waals surface area contributed by atoms with Crippen molar-refractivity contribution in [1.82, 2.24) is 9.71 Å². The highest BCUT2D eigenvalue weighted by Gasteiger charge is 2.19. The van der Waals surface area contributed by atoms with Gasteiger partial charge in [0.15, 0.2) is 0 Å². The monoisotopic (exact) mass is 394 g/mol. The summed E-state index contributed by atoms with van der Waals surface area (Å²) in [7, 11) is -3.68. The summed E-state index contributed by atoms with van der Waals surface area (Å²) in [6.45, 7) is 2.29. The molecule has 0 radical (unpaired) electrons. The zero-order valence-corrected chi connectivity index (χ0v) is 14.5. The number of sulfonamides is 1. The fourth-order valence-corrected chi connectivity index (χ4v) is 4.61. The number of hydrogen-bond donors (Lipinski definition) is 1. The molecule has 0 unspecified atom stereocenters. The Morgan fingerprint density at radius 2 is 2.25 bits per heavy atom. The maximum absolute atomic E-state index is 12.2. The Morgan fingerprint density at radius 3 is 2.95 bits per heavy atom. The van der Waals surface area contributed by atoms with Gasteiger partial charge >= 0.3 is 0 Å². The third-order valence-corrected chi connectivity index (χ3v) is 5.93. The van der Waals surface area contributed by atoms with Gasteiger partial charge in [0, 0.05) is 22.1 Å². The SMILES string of the molecule is CCc1ccsc1CNS(=O)(=O)c1cc(Br)cnc1Cl. The molecule has 0 saturated heterocycles. The lowest BCUT2D eigenvalue weighted by atomic mass is 10.2. The quantitative estimate of drug-likeness (QED) is 0.787. The molecule has 0 aliphatic carbocycles. The van der Waals surface area contributed by atoms with E-state index in [1.165, 1.54) is 23.6 Å². The first kappa shape index (κ1) is 15.9. The largest absolute Gasteiger partial charge is 0.244 e. The van der Waals surface area contributed by atoms with Crippen molar-refractivity contribution >= 4 is 48.9 Å². The summed E-state index contributed by atoms with van der Waals surface area (Å²) >= 11 is 10.6. The van der Waals surface area contributed by atoms with E-state index in [0.29, 0.717) is 4.47 Å². The van der Waals surface area contributed by atoms with E-state index in [-0.39, 0.29) is 16.6 Å². The van der Waals surface area contributed by atoms with Crippen molar-refractivity contribution in [3.05, 3.63) is 43.8 Å². The van der Waals surface area contributed by atoms with E-state index in [2.05, 4.69) is 25.6 Å². The van der Waals surface area contributed by atoms with Gasteiger partial charge in [-0.05, 0) is 45.4 Å². The third-order valence-electron chi connectivity index (χ3n) is 2.70. The summed E-state index contributed by atoms with van der Waals surface area (Å²) in [6, 6.07) is 3.44. The van der Waals surface area contributed by atoms with Crippen molar-refractivity contribution in [2.75, 3.05) is 0 Å². The summed E-state index contributed by atoms with van der Waals surface area (Å²) in [5.41, 5.74) is 1.15. The molecule has 0 aromatic carbocycles. The molecule has 0 saturated carbocycles. The lowest BCUT2D eigenvalue weighted by Gasteiger charge is -2.08. The fourth-order valence-electron chi connectivity index (χ4n) is 1.67. The summed E-state index contributed by atoms with van der Waals surface area (Å²) in [6.07, 6.45) is 2.33. The summed E-state index contributed by atoms with van der Waals surface area (Å²) < 4.78 is 27.6. The maximum Gasteiger partial charge on any atom is 0.244 e. The first-order valence-electron chi connectivity index (χ1n) is 5.80. The molecule has 2 aromatic rings. The van der Waals surface area contributed by atoms with Crippen molar-refractivity contribution in [2.45, 2.75) is 24.8 Å². The van der Waals surface area contributed by atoms with Crippen LogP contribution in [0.5, 0.6) is 0 Å². The molecule has 0 atom stereocenters. The zero-order valence-electron chi connectivity index (χ0n) is 10.6. The second kappa shape index (κ2) is 6.53. The molecule has 2 rings (SSSR count). The molecule has 4 nitrogen and oxygen atoms in total. The van der Waals surface area contributed by atoms with Crippen LogP contribution >= 0.6 is 38.9 Å². The van der Waals surface area contributed by atoms with Crippen LogP contribution in [-0.2, 0) is 23.0 Å². The van der Waals surface area contributed by atoms with Gasteiger partial charge in [0.05, 0.1) is 0 Å². The Morgan fingerprint density at radius 1 is 1.50 bits per heavy atom. The minimum Gasteiger partial charge on any atom is -0.242 e. The molecule has 2 aromatic heterocycles. The van der Waals surface area contributed by atoms with Crippen molar-refractivity contribution < 1.29 is 8.42 Å². The van der Waals surface area contributed by atoms with Gasteiger partial charge in [0.25, 0.3) is 0 Å². The standard InChI is InChI=1S/C12H12BrClN2O2S2/c1-2-8-3-4-19-10(8)7-16-20(17,18)11-5-9(13)6-15-12(11)14/h3-6,16H,2,7H2,1H3. The lowest BCUT2D eigenvalue weighted by Crippen LogP contribution is -2.23. The van der Waals surface area contributed by atoms with E-state index < -0.39 is 10.0 Å². The van der Waals surface area contributed by atoms with Gasteiger partial charge in [0.1, 0.15) is 10.0 Å². The van der Waals surface area contributed by atoms with E-state index in [4.69, 9.17) is 11.6 Å². The van der Waals surface area contributed by atoms with Gasteiger partial charge in [-0.3, -0.25) is 0 Å². The average molecular weight is 396 g/mol. The van der Waals surface area contributed by atoms with Crippen LogP contribution in [0.4, 0.5) is 0 Å². The minimum absolute atomic E-state index is 0.0249. The van der Waals surface area contributed by atoms with Gasteiger partial charge in [-0.1, -0.05) is 18.5 Å². The molecule has 2 heterocycles. The number of pyridine rings is 1. The maximum atomic E-state index is 12.2. The number of aromatic nitrogens is 1. The molecule has 0 bridgehead atoms. The topological polar surface area (TPSA) is 59.1 Å². The number of halogens is 2. The first-order valence-corrected chi connectivity index (χ1v) is 9.33. The normalized spacial score (nSPS) is 11.8. The van der Waals surface area contributed by atoms with Crippen LogP contribution in [0.3, 0.4) is 0 Å². The Kier molecular flexibility index (Phi) is 5.19. The summed E-state index contributed by atoms with van der Waals surface area (Å²) in [5.74, 6) is 0. The molecule has 20 heavy (non-hydrogen) atoms. The first-order chi connectivity index (χ1) is 9.44. The van der Waals surface area contributed by atoms with Crippen LogP contribution in [0, 0.1) is 0 Å². The number of nitrogens with one attached hydrogen (secondary N) is 1. The van der Waals surface area contributed by atoms with Crippen molar-refractivity contribution in [3.63, 3.8) is 0 Å². The van der Waals surface area contributed by atoms with Gasteiger partial charge in [-0.15, -0.1) is 11.3 Å². The molecule has 1 N–H and O–H groups in total. The third kappa shape index (κ3) is 3.59. The second-order valence-electron chi connectivity index (χ2n) is 3.99. The highest BCUT2D eigenvalue weighted by Crippen LogP contribution is 2.23. The number of thiophene rings is 1.